The van der Waals surface area contributed by atoms with Crippen LogP contribution >= 0.6 is 0 Å². The number of alkyl halides is 1. The summed E-state index contributed by atoms with van der Waals surface area (Å²) in [6, 6.07) is 6.21. The van der Waals surface area contributed by atoms with Crippen molar-refractivity contribution in [1.29, 1.82) is 0 Å². The molecule has 37 heavy (non-hydrogen) atoms. The van der Waals surface area contributed by atoms with Gasteiger partial charge < -0.3 is 24.5 Å². The number of aryl methyl sites for hydroxylation is 2. The molecule has 2 N–H and O–H groups in total. The number of aliphatic hydroxyl groups excluding tert-OH is 1. The number of furan rings is 1. The molecule has 1 aliphatic carbocycles. The van der Waals surface area contributed by atoms with E-state index in [0.29, 0.717) is 64.3 Å². The van der Waals surface area contributed by atoms with Gasteiger partial charge in [-0.25, -0.2) is 8.91 Å². The number of halogens is 1. The molecule has 4 atom stereocenters. The van der Waals surface area contributed by atoms with E-state index in [2.05, 4.69) is 10.4 Å². The van der Waals surface area contributed by atoms with Crippen LogP contribution in [-0.2, 0) is 0 Å². The molecule has 2 aliphatic rings. The third-order valence-corrected chi connectivity index (χ3v) is 7.61. The van der Waals surface area contributed by atoms with Gasteiger partial charge in [0.25, 0.3) is 11.8 Å². The van der Waals surface area contributed by atoms with Crippen molar-refractivity contribution in [3.05, 3.63) is 59.1 Å². The number of ether oxygens (including phenoxy) is 1. The molecule has 3 aromatic heterocycles. The lowest BCUT2D eigenvalue weighted by Gasteiger charge is -2.43. The molecule has 192 valence electrons. The summed E-state index contributed by atoms with van der Waals surface area (Å²) in [5, 5.41) is 17.5. The zero-order chi connectivity index (χ0) is 26.0. The van der Waals surface area contributed by atoms with Crippen LogP contribution in [0, 0.1) is 13.8 Å². The van der Waals surface area contributed by atoms with Crippen LogP contribution in [0.5, 0.6) is 11.5 Å². The maximum atomic E-state index is 13.6. The van der Waals surface area contributed by atoms with Gasteiger partial charge in [-0.3, -0.25) is 9.59 Å². The Hall–Kier alpha value is -3.92. The zero-order valence-corrected chi connectivity index (χ0v) is 20.7. The Morgan fingerprint density at radius 3 is 2.73 bits per heavy atom. The highest BCUT2D eigenvalue weighted by Crippen LogP contribution is 2.35. The number of likely N-dealkylation sites (tertiary alicyclic amines) is 1. The fourth-order valence-corrected chi connectivity index (χ4v) is 5.07. The van der Waals surface area contributed by atoms with Gasteiger partial charge in [0.1, 0.15) is 28.8 Å². The van der Waals surface area contributed by atoms with E-state index in [-0.39, 0.29) is 17.9 Å². The van der Waals surface area contributed by atoms with Crippen molar-refractivity contribution < 1.29 is 28.2 Å². The number of amides is 2. The normalized spacial score (nSPS) is 23.1. The first-order valence-corrected chi connectivity index (χ1v) is 12.3. The van der Waals surface area contributed by atoms with Crippen LogP contribution < -0.4 is 10.1 Å². The van der Waals surface area contributed by atoms with E-state index >= 15 is 0 Å². The van der Waals surface area contributed by atoms with Gasteiger partial charge in [-0.1, -0.05) is 0 Å². The molecular formula is C27H27FN4O5. The van der Waals surface area contributed by atoms with Gasteiger partial charge in [-0.2, -0.15) is 5.10 Å². The number of carbonyl (C=O) groups excluding carboxylic acids is 2. The standard InChI is InChI=1S/C27H27FN4O5/c1-13-18(27(35)31-12-21(33)14(31)2)11-32-25(13)22(8-9-29-32)37-16-4-5-17-23(10-16)36-15(3)24(17)26(34)30-20-7-6-19(20)28/h4-5,8-11,14,19-21,33H,6-7,12H2,1-3H3,(H,30,34)/t14-,19-,20+,21-/m1/s1. The molecule has 9 nitrogen and oxygen atoms in total. The minimum atomic E-state index is -1.01. The average Bonchev–Trinajstić information content (AvgIpc) is 3.40. The van der Waals surface area contributed by atoms with Crippen LogP contribution in [0.2, 0.25) is 0 Å². The summed E-state index contributed by atoms with van der Waals surface area (Å²) in [6.07, 6.45) is 2.84. The van der Waals surface area contributed by atoms with Crippen molar-refractivity contribution in [2.45, 2.75) is 58.0 Å². The molecule has 0 spiro atoms. The van der Waals surface area contributed by atoms with E-state index in [1.807, 2.05) is 13.8 Å². The Morgan fingerprint density at radius 1 is 1.24 bits per heavy atom. The predicted molar refractivity (Wildman–Crippen MR) is 133 cm³/mol. The smallest absolute Gasteiger partial charge is 0.256 e. The summed E-state index contributed by atoms with van der Waals surface area (Å²) in [4.78, 5) is 27.5. The SMILES string of the molecule is Cc1oc2cc(Oc3ccnn4cc(C(=O)N5C[C@@H](O)[C@H]5C)c(C)c34)ccc2c1C(=O)N[C@H]1CC[C@H]1F. The van der Waals surface area contributed by atoms with Crippen LogP contribution in [0.1, 0.15) is 51.8 Å². The van der Waals surface area contributed by atoms with E-state index in [0.717, 1.165) is 5.56 Å². The summed E-state index contributed by atoms with van der Waals surface area (Å²) in [5.74, 6) is 0.922. The second-order valence-corrected chi connectivity index (χ2v) is 9.89. The number of aliphatic hydroxyl groups is 1. The monoisotopic (exact) mass is 506 g/mol. The molecular weight excluding hydrogens is 479 g/mol. The topological polar surface area (TPSA) is 109 Å². The van der Waals surface area contributed by atoms with Gasteiger partial charge in [0.15, 0.2) is 5.75 Å². The third kappa shape index (κ3) is 3.74. The van der Waals surface area contributed by atoms with Gasteiger partial charge in [-0.05, 0) is 51.3 Å². The number of hydrogen-bond acceptors (Lipinski definition) is 6. The van der Waals surface area contributed by atoms with Crippen molar-refractivity contribution in [1.82, 2.24) is 19.8 Å². The van der Waals surface area contributed by atoms with Gasteiger partial charge in [-0.15, -0.1) is 0 Å². The second kappa shape index (κ2) is 8.58. The largest absolute Gasteiger partial charge is 0.460 e. The minimum absolute atomic E-state index is 0.161. The number of benzene rings is 1. The van der Waals surface area contributed by atoms with Gasteiger partial charge in [0.2, 0.25) is 0 Å². The van der Waals surface area contributed by atoms with E-state index in [1.165, 1.54) is 0 Å². The Balaban J connectivity index is 1.29. The highest BCUT2D eigenvalue weighted by Gasteiger charge is 2.39. The first-order valence-electron chi connectivity index (χ1n) is 12.3. The van der Waals surface area contributed by atoms with E-state index in [4.69, 9.17) is 9.15 Å². The summed E-state index contributed by atoms with van der Waals surface area (Å²) in [5.41, 5.74) is 2.73. The number of nitrogens with zero attached hydrogens (tertiary/aromatic N) is 3. The lowest BCUT2D eigenvalue weighted by atomic mass is 9.90. The van der Waals surface area contributed by atoms with Crippen molar-refractivity contribution in [2.75, 3.05) is 6.54 Å². The van der Waals surface area contributed by atoms with Crippen LogP contribution in [0.3, 0.4) is 0 Å². The quantitative estimate of drug-likeness (QED) is 0.425. The number of rotatable bonds is 5. The highest BCUT2D eigenvalue weighted by molar-refractivity contribution is 6.07. The number of aromatic nitrogens is 2. The molecule has 1 aliphatic heterocycles. The summed E-state index contributed by atoms with van der Waals surface area (Å²) >= 11 is 0. The Kier molecular flexibility index (Phi) is 5.45. The molecule has 0 unspecified atom stereocenters. The third-order valence-electron chi connectivity index (χ3n) is 7.61. The average molecular weight is 507 g/mol. The number of fused-ring (bicyclic) bond motifs is 2. The number of nitrogens with one attached hydrogen (secondary N) is 1. The molecule has 0 bridgehead atoms. The first-order chi connectivity index (χ1) is 17.7. The maximum Gasteiger partial charge on any atom is 0.256 e. The summed E-state index contributed by atoms with van der Waals surface area (Å²) in [6.45, 7) is 5.67. The zero-order valence-electron chi connectivity index (χ0n) is 20.7. The lowest BCUT2D eigenvalue weighted by molar-refractivity contribution is -0.0357. The van der Waals surface area contributed by atoms with Crippen LogP contribution in [-0.4, -0.2) is 62.3 Å². The predicted octanol–water partition coefficient (Wildman–Crippen LogP) is 3.93. The van der Waals surface area contributed by atoms with Crippen LogP contribution in [0.15, 0.2) is 41.1 Å². The number of hydrogen-bond donors (Lipinski definition) is 2. The molecule has 2 fully saturated rings. The molecule has 0 radical (unpaired) electrons. The number of carbonyl (C=O) groups is 2. The molecule has 1 saturated carbocycles. The number of β-amino-alcohol motifs (C(OH)–C–C–N with tert-alkyl or cyclic N) is 1. The van der Waals surface area contributed by atoms with E-state index < -0.39 is 18.3 Å². The van der Waals surface area contributed by atoms with Gasteiger partial charge in [0.05, 0.1) is 35.5 Å². The Morgan fingerprint density at radius 2 is 2.05 bits per heavy atom. The maximum absolute atomic E-state index is 13.6. The fraction of sp³-hybridized carbons (Fsp3) is 0.370. The van der Waals surface area contributed by atoms with Gasteiger partial charge in [0, 0.05) is 30.3 Å². The first kappa shape index (κ1) is 23.5. The lowest BCUT2D eigenvalue weighted by Crippen LogP contribution is -2.60. The van der Waals surface area contributed by atoms with Crippen LogP contribution in [0.4, 0.5) is 4.39 Å². The molecule has 2 amide bonds. The molecule has 4 aromatic rings. The molecule has 10 heteroatoms. The van der Waals surface area contributed by atoms with Crippen molar-refractivity contribution in [3.63, 3.8) is 0 Å². The van der Waals surface area contributed by atoms with Crippen molar-refractivity contribution >= 4 is 28.3 Å². The fourth-order valence-electron chi connectivity index (χ4n) is 5.07. The highest BCUT2D eigenvalue weighted by atomic mass is 19.1. The molecule has 1 saturated heterocycles. The Bertz CT molecular complexity index is 1560. The van der Waals surface area contributed by atoms with Gasteiger partial charge >= 0.3 is 0 Å². The Labute approximate surface area is 211 Å². The van der Waals surface area contributed by atoms with E-state index in [9.17, 15) is 19.1 Å². The van der Waals surface area contributed by atoms with Crippen molar-refractivity contribution in [3.8, 4) is 11.5 Å². The van der Waals surface area contributed by atoms with E-state index in [1.54, 1.807) is 53.0 Å². The minimum Gasteiger partial charge on any atom is -0.460 e. The molecule has 4 heterocycles. The second-order valence-electron chi connectivity index (χ2n) is 9.89. The molecule has 1 aromatic carbocycles. The molecule has 6 rings (SSSR count). The van der Waals surface area contributed by atoms with Crippen molar-refractivity contribution in [2.24, 2.45) is 0 Å². The van der Waals surface area contributed by atoms with Crippen LogP contribution in [0.25, 0.3) is 16.5 Å². The summed E-state index contributed by atoms with van der Waals surface area (Å²) < 4.78 is 27.3. The summed E-state index contributed by atoms with van der Waals surface area (Å²) in [7, 11) is 0.